The van der Waals surface area contributed by atoms with E-state index in [-0.39, 0.29) is 6.54 Å². The van der Waals surface area contributed by atoms with Crippen LogP contribution in [-0.2, 0) is 16.0 Å². The smallest absolute Gasteiger partial charge is 0.407 e. The second-order valence-corrected chi connectivity index (χ2v) is 9.36. The van der Waals surface area contributed by atoms with E-state index in [9.17, 15) is 4.79 Å². The second-order valence-electron chi connectivity index (χ2n) is 8.52. The van der Waals surface area contributed by atoms with Crippen LogP contribution < -0.4 is 10.2 Å². The molecule has 0 saturated carbocycles. The van der Waals surface area contributed by atoms with Crippen LogP contribution in [0, 0.1) is 0 Å². The number of carbonyl (C=O) groups is 1. The van der Waals surface area contributed by atoms with Gasteiger partial charge in [0.2, 0.25) is 5.95 Å². The van der Waals surface area contributed by atoms with Gasteiger partial charge in [0.25, 0.3) is 0 Å². The number of anilines is 1. The fourth-order valence-corrected chi connectivity index (χ4v) is 4.03. The van der Waals surface area contributed by atoms with Crippen LogP contribution in [0.2, 0.25) is 10.0 Å². The van der Waals surface area contributed by atoms with E-state index in [1.807, 2.05) is 43.5 Å². The van der Waals surface area contributed by atoms with E-state index >= 15 is 0 Å². The van der Waals surface area contributed by atoms with E-state index in [0.717, 1.165) is 35.7 Å². The van der Waals surface area contributed by atoms with E-state index in [1.54, 1.807) is 12.1 Å². The minimum Gasteiger partial charge on any atom is -0.444 e. The van der Waals surface area contributed by atoms with Crippen molar-refractivity contribution < 1.29 is 14.3 Å². The van der Waals surface area contributed by atoms with Gasteiger partial charge in [-0.05, 0) is 44.5 Å². The number of alkyl carbamates (subject to hydrolysis) is 1. The van der Waals surface area contributed by atoms with Gasteiger partial charge in [-0.2, -0.15) is 0 Å². The zero-order valence-corrected chi connectivity index (χ0v) is 19.7. The van der Waals surface area contributed by atoms with Gasteiger partial charge in [0, 0.05) is 47.0 Å². The highest BCUT2D eigenvalue weighted by molar-refractivity contribution is 6.36. The molecule has 1 aliphatic rings. The maximum Gasteiger partial charge on any atom is 0.407 e. The Kier molecular flexibility index (Phi) is 6.46. The summed E-state index contributed by atoms with van der Waals surface area (Å²) in [6, 6.07) is 7.24. The number of amides is 1. The number of morpholine rings is 1. The number of hydrogen-bond acceptors (Lipinski definition) is 6. The number of pyridine rings is 1. The first kappa shape index (κ1) is 22.6. The molecule has 0 atom stereocenters. The number of nitrogens with one attached hydrogen (secondary N) is 1. The highest BCUT2D eigenvalue weighted by Crippen LogP contribution is 2.34. The Morgan fingerprint density at radius 1 is 1.16 bits per heavy atom. The molecule has 1 aliphatic heterocycles. The Bertz CT molecular complexity index is 1140. The standard InChI is InChI=1S/C22H25Cl2N5O3/c1-22(2,3)32-21(30)25-12-14-10-19-26-27-20(28-6-8-31-9-7-28)29(19)13-17(14)16-5-4-15(23)11-18(16)24/h4-5,10-11,13H,6-9,12H2,1-3H3,(H,25,30). The lowest BCUT2D eigenvalue weighted by molar-refractivity contribution is 0.0523. The van der Waals surface area contributed by atoms with Gasteiger partial charge in [-0.15, -0.1) is 10.2 Å². The van der Waals surface area contributed by atoms with Crippen LogP contribution in [0.15, 0.2) is 30.5 Å². The first-order chi connectivity index (χ1) is 15.2. The highest BCUT2D eigenvalue weighted by atomic mass is 35.5. The first-order valence-electron chi connectivity index (χ1n) is 10.3. The fraction of sp³-hybridized carbons (Fsp3) is 0.409. The van der Waals surface area contributed by atoms with Crippen LogP contribution in [0.3, 0.4) is 0 Å². The molecule has 1 fully saturated rings. The Hall–Kier alpha value is -2.55. The monoisotopic (exact) mass is 477 g/mol. The molecule has 4 rings (SSSR count). The van der Waals surface area contributed by atoms with Crippen LogP contribution in [0.1, 0.15) is 26.3 Å². The van der Waals surface area contributed by atoms with Gasteiger partial charge in [0.1, 0.15) is 5.60 Å². The van der Waals surface area contributed by atoms with Crippen molar-refractivity contribution in [2.24, 2.45) is 0 Å². The number of carbonyl (C=O) groups excluding carboxylic acids is 1. The molecule has 0 aliphatic carbocycles. The van der Waals surface area contributed by atoms with Gasteiger partial charge in [0.05, 0.1) is 13.2 Å². The SMILES string of the molecule is CC(C)(C)OC(=O)NCc1cc2nnc(N3CCOCC3)n2cc1-c1ccc(Cl)cc1Cl. The largest absolute Gasteiger partial charge is 0.444 e. The third kappa shape index (κ3) is 5.09. The van der Waals surface area contributed by atoms with E-state index in [2.05, 4.69) is 20.4 Å². The molecule has 2 aromatic heterocycles. The number of aromatic nitrogens is 3. The molecule has 0 spiro atoms. The number of nitrogens with zero attached hydrogens (tertiary/aromatic N) is 4. The van der Waals surface area contributed by atoms with Crippen LogP contribution >= 0.6 is 23.2 Å². The molecule has 0 radical (unpaired) electrons. The lowest BCUT2D eigenvalue weighted by Crippen LogP contribution is -2.37. The molecular weight excluding hydrogens is 453 g/mol. The molecular formula is C22H25Cl2N5O3. The van der Waals surface area contributed by atoms with Crippen molar-refractivity contribution in [1.29, 1.82) is 0 Å². The minimum atomic E-state index is -0.587. The van der Waals surface area contributed by atoms with Crippen LogP contribution in [0.5, 0.6) is 0 Å². The lowest BCUT2D eigenvalue weighted by atomic mass is 10.0. The van der Waals surface area contributed by atoms with E-state index < -0.39 is 11.7 Å². The van der Waals surface area contributed by atoms with Crippen LogP contribution in [0.25, 0.3) is 16.8 Å². The highest BCUT2D eigenvalue weighted by Gasteiger charge is 2.21. The topological polar surface area (TPSA) is 81.0 Å². The fourth-order valence-electron chi connectivity index (χ4n) is 3.52. The number of halogens is 2. The van der Waals surface area contributed by atoms with E-state index in [0.29, 0.717) is 28.9 Å². The summed E-state index contributed by atoms with van der Waals surface area (Å²) >= 11 is 12.6. The summed E-state index contributed by atoms with van der Waals surface area (Å²) in [7, 11) is 0. The van der Waals surface area contributed by atoms with Gasteiger partial charge >= 0.3 is 6.09 Å². The third-order valence-corrected chi connectivity index (χ3v) is 5.50. The molecule has 10 heteroatoms. The number of rotatable bonds is 4. The average Bonchev–Trinajstić information content (AvgIpc) is 3.14. The molecule has 1 saturated heterocycles. The third-order valence-electron chi connectivity index (χ3n) is 4.95. The van der Waals surface area contributed by atoms with Crippen molar-refractivity contribution in [3.8, 4) is 11.1 Å². The summed E-state index contributed by atoms with van der Waals surface area (Å²) in [5.74, 6) is 0.737. The zero-order chi connectivity index (χ0) is 22.9. The molecule has 8 nitrogen and oxygen atoms in total. The molecule has 3 aromatic rings. The van der Waals surface area contributed by atoms with Crippen molar-refractivity contribution in [2.45, 2.75) is 32.9 Å². The van der Waals surface area contributed by atoms with Gasteiger partial charge in [-0.1, -0.05) is 29.3 Å². The first-order valence-corrected chi connectivity index (χ1v) is 11.1. The quantitative estimate of drug-likeness (QED) is 0.592. The summed E-state index contributed by atoms with van der Waals surface area (Å²) in [6.07, 6.45) is 1.45. The Morgan fingerprint density at radius 3 is 2.59 bits per heavy atom. The minimum absolute atomic E-state index is 0.236. The van der Waals surface area contributed by atoms with E-state index in [4.69, 9.17) is 32.7 Å². The van der Waals surface area contributed by atoms with Crippen molar-refractivity contribution in [3.63, 3.8) is 0 Å². The molecule has 1 amide bonds. The summed E-state index contributed by atoms with van der Waals surface area (Å²) in [4.78, 5) is 14.4. The zero-order valence-electron chi connectivity index (χ0n) is 18.2. The van der Waals surface area contributed by atoms with Crippen molar-refractivity contribution in [3.05, 3.63) is 46.1 Å². The van der Waals surface area contributed by atoms with E-state index in [1.165, 1.54) is 0 Å². The van der Waals surface area contributed by atoms with Crippen LogP contribution in [-0.4, -0.2) is 52.6 Å². The van der Waals surface area contributed by atoms with Crippen LogP contribution in [0.4, 0.5) is 10.7 Å². The van der Waals surface area contributed by atoms with Crippen molar-refractivity contribution in [1.82, 2.24) is 19.9 Å². The maximum atomic E-state index is 12.2. The summed E-state index contributed by atoms with van der Waals surface area (Å²) < 4.78 is 12.8. The maximum absolute atomic E-state index is 12.2. The molecule has 3 heterocycles. The van der Waals surface area contributed by atoms with Gasteiger partial charge in [-0.25, -0.2) is 4.79 Å². The molecule has 0 unspecified atom stereocenters. The number of benzene rings is 1. The molecule has 32 heavy (non-hydrogen) atoms. The number of fused-ring (bicyclic) bond motifs is 1. The van der Waals surface area contributed by atoms with Crippen molar-refractivity contribution >= 4 is 40.9 Å². The number of hydrogen-bond donors (Lipinski definition) is 1. The van der Waals surface area contributed by atoms with Gasteiger partial charge < -0.3 is 19.7 Å². The van der Waals surface area contributed by atoms with Gasteiger partial charge in [-0.3, -0.25) is 4.40 Å². The summed E-state index contributed by atoms with van der Waals surface area (Å²) in [5.41, 5.74) is 2.54. The second kappa shape index (κ2) is 9.13. The molecule has 0 bridgehead atoms. The Balaban J connectivity index is 1.74. The average molecular weight is 478 g/mol. The lowest BCUT2D eigenvalue weighted by Gasteiger charge is -2.26. The Morgan fingerprint density at radius 2 is 1.91 bits per heavy atom. The Labute approximate surface area is 196 Å². The molecule has 1 aromatic carbocycles. The molecule has 1 N–H and O–H groups in total. The summed E-state index contributed by atoms with van der Waals surface area (Å²) in [6.45, 7) is 8.45. The molecule has 170 valence electrons. The number of ether oxygens (including phenoxy) is 2. The van der Waals surface area contributed by atoms with Gasteiger partial charge in [0.15, 0.2) is 5.65 Å². The normalized spacial score (nSPS) is 14.6. The summed E-state index contributed by atoms with van der Waals surface area (Å²) in [5, 5.41) is 12.6. The predicted molar refractivity (Wildman–Crippen MR) is 125 cm³/mol. The predicted octanol–water partition coefficient (Wildman–Crippen LogP) is 4.56. The van der Waals surface area contributed by atoms with Crippen molar-refractivity contribution in [2.75, 3.05) is 31.2 Å².